The minimum absolute atomic E-state index is 0.651. The van der Waals surface area contributed by atoms with Gasteiger partial charge in [-0.3, -0.25) is 0 Å². The Hall–Kier alpha value is -0.730. The second-order valence-corrected chi connectivity index (χ2v) is 6.46. The molecule has 1 aliphatic carbocycles. The number of nitrogens with zero attached hydrogens (tertiary/aromatic N) is 1. The van der Waals surface area contributed by atoms with E-state index in [1.165, 1.54) is 36.9 Å². The minimum atomic E-state index is 0.651. The van der Waals surface area contributed by atoms with Gasteiger partial charge in [0.2, 0.25) is 0 Å². The van der Waals surface area contributed by atoms with Crippen molar-refractivity contribution < 1.29 is 0 Å². The van der Waals surface area contributed by atoms with Crippen molar-refractivity contribution in [3.05, 3.63) is 28.8 Å². The fraction of sp³-hybridized carbons (Fsp3) is 0.647. The summed E-state index contributed by atoms with van der Waals surface area (Å²) in [6.07, 6.45) is 5.32. The zero-order chi connectivity index (χ0) is 14.5. The van der Waals surface area contributed by atoms with E-state index in [0.717, 1.165) is 24.0 Å². The maximum absolute atomic E-state index is 6.41. The average molecular weight is 295 g/mol. The van der Waals surface area contributed by atoms with Crippen LogP contribution in [0.15, 0.2) is 18.2 Å². The third-order valence-corrected chi connectivity index (χ3v) is 4.84. The summed E-state index contributed by atoms with van der Waals surface area (Å²) in [7, 11) is 2.23. The highest BCUT2D eigenvalue weighted by molar-refractivity contribution is 6.31. The first kappa shape index (κ1) is 15.7. The van der Waals surface area contributed by atoms with E-state index in [1.807, 2.05) is 6.07 Å². The Kier molecular flexibility index (Phi) is 5.74. The maximum atomic E-state index is 6.41. The Morgan fingerprint density at radius 1 is 1.35 bits per heavy atom. The van der Waals surface area contributed by atoms with Crippen molar-refractivity contribution in [2.45, 2.75) is 52.1 Å². The fourth-order valence-corrected chi connectivity index (χ4v) is 3.49. The third kappa shape index (κ3) is 3.67. The molecule has 2 nitrogen and oxygen atoms in total. The van der Waals surface area contributed by atoms with E-state index in [-0.39, 0.29) is 0 Å². The molecule has 0 aromatic heterocycles. The van der Waals surface area contributed by atoms with E-state index in [0.29, 0.717) is 6.04 Å². The van der Waals surface area contributed by atoms with Crippen molar-refractivity contribution in [1.82, 2.24) is 5.32 Å². The van der Waals surface area contributed by atoms with Gasteiger partial charge in [0.15, 0.2) is 0 Å². The van der Waals surface area contributed by atoms with Crippen LogP contribution in [0.3, 0.4) is 0 Å². The smallest absolute Gasteiger partial charge is 0.0471 e. The molecule has 1 aromatic carbocycles. The molecular weight excluding hydrogens is 268 g/mol. The molecule has 1 N–H and O–H groups in total. The summed E-state index contributed by atoms with van der Waals surface area (Å²) < 4.78 is 0. The summed E-state index contributed by atoms with van der Waals surface area (Å²) in [5, 5.41) is 4.28. The summed E-state index contributed by atoms with van der Waals surface area (Å²) in [6.45, 7) is 6.31. The summed E-state index contributed by atoms with van der Waals surface area (Å²) in [5.41, 5.74) is 2.52. The van der Waals surface area contributed by atoms with Crippen molar-refractivity contribution in [2.75, 3.05) is 18.5 Å². The molecule has 3 heteroatoms. The van der Waals surface area contributed by atoms with Crippen LogP contribution in [0.25, 0.3) is 0 Å². The van der Waals surface area contributed by atoms with Gasteiger partial charge < -0.3 is 10.2 Å². The molecule has 0 radical (unpaired) electrons. The van der Waals surface area contributed by atoms with Crippen LogP contribution >= 0.6 is 11.6 Å². The lowest BCUT2D eigenvalue weighted by Gasteiger charge is -2.36. The molecule has 0 spiro atoms. The van der Waals surface area contributed by atoms with Crippen LogP contribution in [0.5, 0.6) is 0 Å². The number of hydrogen-bond acceptors (Lipinski definition) is 2. The topological polar surface area (TPSA) is 15.3 Å². The zero-order valence-electron chi connectivity index (χ0n) is 13.0. The lowest BCUT2D eigenvalue weighted by atomic mass is 9.86. The van der Waals surface area contributed by atoms with Crippen molar-refractivity contribution in [3.8, 4) is 0 Å². The Labute approximate surface area is 128 Å². The van der Waals surface area contributed by atoms with Gasteiger partial charge in [0.25, 0.3) is 0 Å². The lowest BCUT2D eigenvalue weighted by Crippen LogP contribution is -2.36. The number of anilines is 1. The van der Waals surface area contributed by atoms with Gasteiger partial charge in [0, 0.05) is 35.9 Å². The predicted molar refractivity (Wildman–Crippen MR) is 88.7 cm³/mol. The normalized spacial score (nSPS) is 22.8. The van der Waals surface area contributed by atoms with Gasteiger partial charge >= 0.3 is 0 Å². The van der Waals surface area contributed by atoms with E-state index in [4.69, 9.17) is 11.6 Å². The predicted octanol–water partition coefficient (Wildman–Crippen LogP) is 4.46. The Morgan fingerprint density at radius 3 is 2.85 bits per heavy atom. The van der Waals surface area contributed by atoms with E-state index in [9.17, 15) is 0 Å². The number of rotatable bonds is 5. The van der Waals surface area contributed by atoms with Crippen molar-refractivity contribution >= 4 is 17.3 Å². The Balaban J connectivity index is 2.19. The molecule has 1 saturated carbocycles. The Bertz CT molecular complexity index is 433. The first-order valence-electron chi connectivity index (χ1n) is 7.84. The standard InChI is InChI=1S/C17H27ClN2/c1-4-19-12-15-16(18)9-6-10-17(15)20(3)14-8-5-7-13(2)11-14/h6,9-10,13-14,19H,4-5,7-8,11-12H2,1-3H3. The zero-order valence-corrected chi connectivity index (χ0v) is 13.7. The van der Waals surface area contributed by atoms with Crippen LogP contribution < -0.4 is 10.2 Å². The molecule has 2 atom stereocenters. The van der Waals surface area contributed by atoms with E-state index in [2.05, 4.69) is 43.2 Å². The number of nitrogens with one attached hydrogen (secondary N) is 1. The quantitative estimate of drug-likeness (QED) is 0.862. The van der Waals surface area contributed by atoms with Crippen LogP contribution in [0.4, 0.5) is 5.69 Å². The van der Waals surface area contributed by atoms with Crippen molar-refractivity contribution in [1.29, 1.82) is 0 Å². The van der Waals surface area contributed by atoms with E-state index < -0.39 is 0 Å². The monoisotopic (exact) mass is 294 g/mol. The lowest BCUT2D eigenvalue weighted by molar-refractivity contribution is 0.336. The maximum Gasteiger partial charge on any atom is 0.0471 e. The molecule has 1 aliphatic rings. The van der Waals surface area contributed by atoms with Crippen LogP contribution in [0, 0.1) is 5.92 Å². The molecule has 1 fully saturated rings. The first-order chi connectivity index (χ1) is 9.63. The van der Waals surface area contributed by atoms with Crippen LogP contribution in [-0.4, -0.2) is 19.6 Å². The number of hydrogen-bond donors (Lipinski definition) is 1. The van der Waals surface area contributed by atoms with Gasteiger partial charge in [-0.25, -0.2) is 0 Å². The highest BCUT2D eigenvalue weighted by Gasteiger charge is 2.24. The van der Waals surface area contributed by atoms with Crippen molar-refractivity contribution in [3.63, 3.8) is 0 Å². The van der Waals surface area contributed by atoms with Gasteiger partial charge in [-0.1, -0.05) is 44.4 Å². The third-order valence-electron chi connectivity index (χ3n) is 4.48. The number of benzene rings is 1. The molecular formula is C17H27ClN2. The summed E-state index contributed by atoms with van der Waals surface area (Å²) in [5.74, 6) is 0.840. The molecule has 0 bridgehead atoms. The molecule has 1 aromatic rings. The van der Waals surface area contributed by atoms with Crippen molar-refractivity contribution in [2.24, 2.45) is 5.92 Å². The van der Waals surface area contributed by atoms with Crippen LogP contribution in [-0.2, 0) is 6.54 Å². The molecule has 2 rings (SSSR count). The Morgan fingerprint density at radius 2 is 2.15 bits per heavy atom. The fourth-order valence-electron chi connectivity index (χ4n) is 3.25. The highest BCUT2D eigenvalue weighted by atomic mass is 35.5. The first-order valence-corrected chi connectivity index (χ1v) is 8.22. The molecule has 0 saturated heterocycles. The SMILES string of the molecule is CCNCc1c(Cl)cccc1N(C)C1CCCC(C)C1. The largest absolute Gasteiger partial charge is 0.371 e. The van der Waals surface area contributed by atoms with Gasteiger partial charge in [-0.15, -0.1) is 0 Å². The van der Waals surface area contributed by atoms with Gasteiger partial charge in [-0.05, 0) is 37.4 Å². The van der Waals surface area contributed by atoms with Crippen LogP contribution in [0.1, 0.15) is 45.1 Å². The molecule has 2 unspecified atom stereocenters. The number of halogens is 1. The average Bonchev–Trinajstić information content (AvgIpc) is 2.45. The van der Waals surface area contributed by atoms with E-state index in [1.54, 1.807) is 0 Å². The minimum Gasteiger partial charge on any atom is -0.371 e. The van der Waals surface area contributed by atoms with Crippen LogP contribution in [0.2, 0.25) is 5.02 Å². The summed E-state index contributed by atoms with van der Waals surface area (Å²) >= 11 is 6.41. The second kappa shape index (κ2) is 7.33. The highest BCUT2D eigenvalue weighted by Crippen LogP contribution is 2.33. The molecule has 0 heterocycles. The van der Waals surface area contributed by atoms with Gasteiger partial charge in [0.05, 0.1) is 0 Å². The molecule has 0 aliphatic heterocycles. The summed E-state index contributed by atoms with van der Waals surface area (Å²) in [4.78, 5) is 2.45. The molecule has 20 heavy (non-hydrogen) atoms. The van der Waals surface area contributed by atoms with Gasteiger partial charge in [0.1, 0.15) is 0 Å². The van der Waals surface area contributed by atoms with E-state index >= 15 is 0 Å². The second-order valence-electron chi connectivity index (χ2n) is 6.05. The van der Waals surface area contributed by atoms with Gasteiger partial charge in [-0.2, -0.15) is 0 Å². The summed E-state index contributed by atoms with van der Waals surface area (Å²) in [6, 6.07) is 6.92. The molecule has 112 valence electrons. The molecule has 0 amide bonds.